The standard InChI is InChI=1S/C13H19N3O2/c1-10-7-16(4-3-12(10)13(17)18-2)8-11-5-14-9-15-6-11/h5-6,9-10,12H,3-4,7-8H2,1-2H3/t10-,12-/m1/s1. The predicted octanol–water partition coefficient (Wildman–Crippen LogP) is 1.11. The molecule has 18 heavy (non-hydrogen) atoms. The summed E-state index contributed by atoms with van der Waals surface area (Å²) in [5, 5.41) is 0. The van der Waals surface area contributed by atoms with Gasteiger partial charge in [-0.3, -0.25) is 9.69 Å². The zero-order valence-corrected chi connectivity index (χ0v) is 10.9. The maximum absolute atomic E-state index is 11.6. The minimum Gasteiger partial charge on any atom is -0.469 e. The summed E-state index contributed by atoms with van der Waals surface area (Å²) in [6.45, 7) is 4.78. The summed E-state index contributed by atoms with van der Waals surface area (Å²) in [6, 6.07) is 0. The Balaban J connectivity index is 1.90. The average Bonchev–Trinajstić information content (AvgIpc) is 2.39. The third-order valence-corrected chi connectivity index (χ3v) is 3.51. The molecule has 1 saturated heterocycles. The predicted molar refractivity (Wildman–Crippen MR) is 66.6 cm³/mol. The minimum atomic E-state index is -0.0785. The number of nitrogens with zero attached hydrogens (tertiary/aromatic N) is 3. The number of carbonyl (C=O) groups excluding carboxylic acids is 1. The Kier molecular flexibility index (Phi) is 4.25. The largest absolute Gasteiger partial charge is 0.469 e. The smallest absolute Gasteiger partial charge is 0.309 e. The second-order valence-corrected chi connectivity index (χ2v) is 4.88. The number of aromatic nitrogens is 2. The highest BCUT2D eigenvalue weighted by Crippen LogP contribution is 2.25. The molecule has 1 fully saturated rings. The van der Waals surface area contributed by atoms with E-state index < -0.39 is 0 Å². The lowest BCUT2D eigenvalue weighted by Crippen LogP contribution is -2.42. The van der Waals surface area contributed by atoms with Crippen molar-refractivity contribution in [3.05, 3.63) is 24.3 Å². The molecule has 5 nitrogen and oxygen atoms in total. The van der Waals surface area contributed by atoms with Crippen LogP contribution in [0.5, 0.6) is 0 Å². The van der Waals surface area contributed by atoms with E-state index in [2.05, 4.69) is 21.8 Å². The lowest BCUT2D eigenvalue weighted by molar-refractivity contribution is -0.149. The first kappa shape index (κ1) is 13.0. The van der Waals surface area contributed by atoms with Crippen LogP contribution >= 0.6 is 0 Å². The lowest BCUT2D eigenvalue weighted by atomic mass is 9.87. The normalized spacial score (nSPS) is 24.8. The van der Waals surface area contributed by atoms with Crippen LogP contribution in [0.2, 0.25) is 0 Å². The van der Waals surface area contributed by atoms with Gasteiger partial charge in [0, 0.05) is 31.0 Å². The van der Waals surface area contributed by atoms with Gasteiger partial charge >= 0.3 is 5.97 Å². The Morgan fingerprint density at radius 2 is 2.22 bits per heavy atom. The summed E-state index contributed by atoms with van der Waals surface area (Å²) in [5.41, 5.74) is 1.11. The highest BCUT2D eigenvalue weighted by Gasteiger charge is 2.31. The Bertz CT molecular complexity index is 396. The van der Waals surface area contributed by atoms with Crippen molar-refractivity contribution in [2.75, 3.05) is 20.2 Å². The summed E-state index contributed by atoms with van der Waals surface area (Å²) < 4.78 is 4.84. The molecule has 1 aliphatic heterocycles. The molecule has 2 rings (SSSR count). The van der Waals surface area contributed by atoms with E-state index in [1.54, 1.807) is 0 Å². The van der Waals surface area contributed by atoms with Gasteiger partial charge in [-0.05, 0) is 18.9 Å². The molecular formula is C13H19N3O2. The van der Waals surface area contributed by atoms with E-state index in [0.717, 1.165) is 31.6 Å². The molecule has 1 aromatic heterocycles. The van der Waals surface area contributed by atoms with Crippen molar-refractivity contribution >= 4 is 5.97 Å². The second kappa shape index (κ2) is 5.91. The molecule has 1 aliphatic rings. The van der Waals surface area contributed by atoms with E-state index in [1.165, 1.54) is 13.4 Å². The number of rotatable bonds is 3. The van der Waals surface area contributed by atoms with Gasteiger partial charge < -0.3 is 4.74 Å². The molecule has 0 saturated carbocycles. The van der Waals surface area contributed by atoms with Gasteiger partial charge in [-0.15, -0.1) is 0 Å². The van der Waals surface area contributed by atoms with Crippen molar-refractivity contribution in [2.24, 2.45) is 11.8 Å². The first-order valence-electron chi connectivity index (χ1n) is 6.24. The Morgan fingerprint density at radius 3 is 2.83 bits per heavy atom. The summed E-state index contributed by atoms with van der Waals surface area (Å²) in [7, 11) is 1.46. The summed E-state index contributed by atoms with van der Waals surface area (Å²) >= 11 is 0. The average molecular weight is 249 g/mol. The van der Waals surface area contributed by atoms with Crippen LogP contribution in [0, 0.1) is 11.8 Å². The number of carbonyl (C=O) groups is 1. The van der Waals surface area contributed by atoms with Gasteiger partial charge in [-0.25, -0.2) is 9.97 Å². The lowest BCUT2D eigenvalue weighted by Gasteiger charge is -2.35. The van der Waals surface area contributed by atoms with E-state index in [9.17, 15) is 4.79 Å². The van der Waals surface area contributed by atoms with Gasteiger partial charge in [-0.1, -0.05) is 6.92 Å². The van der Waals surface area contributed by atoms with Crippen LogP contribution < -0.4 is 0 Å². The molecule has 5 heteroatoms. The van der Waals surface area contributed by atoms with Crippen molar-refractivity contribution < 1.29 is 9.53 Å². The number of esters is 1. The van der Waals surface area contributed by atoms with Gasteiger partial charge in [-0.2, -0.15) is 0 Å². The molecule has 2 atom stereocenters. The fourth-order valence-corrected chi connectivity index (χ4v) is 2.55. The van der Waals surface area contributed by atoms with Gasteiger partial charge in [0.15, 0.2) is 0 Å². The summed E-state index contributed by atoms with van der Waals surface area (Å²) in [6.07, 6.45) is 6.07. The molecular weight excluding hydrogens is 230 g/mol. The third kappa shape index (κ3) is 3.04. The zero-order chi connectivity index (χ0) is 13.0. The van der Waals surface area contributed by atoms with E-state index in [-0.39, 0.29) is 11.9 Å². The molecule has 1 aromatic rings. The van der Waals surface area contributed by atoms with Crippen LogP contribution in [-0.2, 0) is 16.1 Å². The molecule has 2 heterocycles. The Labute approximate surface area is 107 Å². The highest BCUT2D eigenvalue weighted by molar-refractivity contribution is 5.72. The Hall–Kier alpha value is -1.49. The SMILES string of the molecule is COC(=O)[C@@H]1CCN(Cc2cncnc2)C[C@H]1C. The van der Waals surface area contributed by atoms with Crippen molar-refractivity contribution in [1.29, 1.82) is 0 Å². The fraction of sp³-hybridized carbons (Fsp3) is 0.615. The van der Waals surface area contributed by atoms with Crippen molar-refractivity contribution in [1.82, 2.24) is 14.9 Å². The quantitative estimate of drug-likeness (QED) is 0.751. The maximum atomic E-state index is 11.6. The van der Waals surface area contributed by atoms with Crippen LogP contribution in [0.3, 0.4) is 0 Å². The molecule has 0 aliphatic carbocycles. The van der Waals surface area contributed by atoms with Crippen LogP contribution in [0.15, 0.2) is 18.7 Å². The number of likely N-dealkylation sites (tertiary alicyclic amines) is 1. The van der Waals surface area contributed by atoms with Gasteiger partial charge in [0.2, 0.25) is 0 Å². The molecule has 0 unspecified atom stereocenters. The number of ether oxygens (including phenoxy) is 1. The summed E-state index contributed by atoms with van der Waals surface area (Å²) in [5.74, 6) is 0.291. The molecule has 0 bridgehead atoms. The number of hydrogen-bond acceptors (Lipinski definition) is 5. The van der Waals surface area contributed by atoms with Gasteiger partial charge in [0.1, 0.15) is 6.33 Å². The van der Waals surface area contributed by atoms with Crippen LogP contribution in [0.1, 0.15) is 18.9 Å². The van der Waals surface area contributed by atoms with Gasteiger partial charge in [0.25, 0.3) is 0 Å². The molecule has 0 N–H and O–H groups in total. The fourth-order valence-electron chi connectivity index (χ4n) is 2.55. The number of hydrogen-bond donors (Lipinski definition) is 0. The molecule has 0 amide bonds. The van der Waals surface area contributed by atoms with Crippen LogP contribution in [-0.4, -0.2) is 41.0 Å². The van der Waals surface area contributed by atoms with Crippen LogP contribution in [0.25, 0.3) is 0 Å². The van der Waals surface area contributed by atoms with Crippen molar-refractivity contribution in [2.45, 2.75) is 19.9 Å². The van der Waals surface area contributed by atoms with E-state index in [4.69, 9.17) is 4.74 Å². The maximum Gasteiger partial charge on any atom is 0.309 e. The summed E-state index contributed by atoms with van der Waals surface area (Å²) in [4.78, 5) is 21.9. The first-order valence-corrected chi connectivity index (χ1v) is 6.24. The molecule has 98 valence electrons. The van der Waals surface area contributed by atoms with E-state index >= 15 is 0 Å². The third-order valence-electron chi connectivity index (χ3n) is 3.51. The van der Waals surface area contributed by atoms with Gasteiger partial charge in [0.05, 0.1) is 13.0 Å². The zero-order valence-electron chi connectivity index (χ0n) is 10.9. The Morgan fingerprint density at radius 1 is 1.50 bits per heavy atom. The van der Waals surface area contributed by atoms with E-state index in [0.29, 0.717) is 5.92 Å². The molecule has 0 spiro atoms. The first-order chi connectivity index (χ1) is 8.70. The molecule has 0 aromatic carbocycles. The highest BCUT2D eigenvalue weighted by atomic mass is 16.5. The van der Waals surface area contributed by atoms with E-state index in [1.807, 2.05) is 12.4 Å². The van der Waals surface area contributed by atoms with Crippen molar-refractivity contribution in [3.63, 3.8) is 0 Å². The van der Waals surface area contributed by atoms with Crippen LogP contribution in [0.4, 0.5) is 0 Å². The number of methoxy groups -OCH3 is 1. The monoisotopic (exact) mass is 249 g/mol. The minimum absolute atomic E-state index is 0.0401. The topological polar surface area (TPSA) is 55.3 Å². The number of piperidine rings is 1. The molecule has 0 radical (unpaired) electrons. The van der Waals surface area contributed by atoms with Crippen molar-refractivity contribution in [3.8, 4) is 0 Å². The second-order valence-electron chi connectivity index (χ2n) is 4.88.